The number of methoxy groups -OCH3 is 1. The predicted octanol–water partition coefficient (Wildman–Crippen LogP) is 2.56. The van der Waals surface area contributed by atoms with Crippen LogP contribution in [0.15, 0.2) is 36.3 Å². The summed E-state index contributed by atoms with van der Waals surface area (Å²) in [5, 5.41) is 20.6. The first kappa shape index (κ1) is 28.1. The molecule has 0 radical (unpaired) electrons. The molecule has 0 aliphatic heterocycles. The molecule has 2 saturated carbocycles. The lowest BCUT2D eigenvalue weighted by Crippen LogP contribution is -2.43. The SMILES string of the molecule is CNc1cc(N/C(C=O)=C/C=C\N(C)C2CC(OC)C2)nc2c(C(=O)NC3CCCCC3)cnn12.CO. The summed E-state index contributed by atoms with van der Waals surface area (Å²) in [5.74, 6) is 0.908. The number of aliphatic hydroxyl groups excluding tert-OH is 1. The van der Waals surface area contributed by atoms with Gasteiger partial charge in [0.1, 0.15) is 17.2 Å². The Kier molecular flexibility index (Phi) is 10.5. The highest BCUT2D eigenvalue weighted by Crippen LogP contribution is 2.27. The quantitative estimate of drug-likeness (QED) is 0.215. The molecular formula is C26H39N7O4. The van der Waals surface area contributed by atoms with Crippen LogP contribution in [0.3, 0.4) is 0 Å². The first-order valence-corrected chi connectivity index (χ1v) is 12.7. The molecule has 0 aromatic carbocycles. The minimum Gasteiger partial charge on any atom is -0.400 e. The number of nitrogens with one attached hydrogen (secondary N) is 3. The van der Waals surface area contributed by atoms with Crippen molar-refractivity contribution < 1.29 is 19.4 Å². The number of amides is 1. The molecule has 0 saturated heterocycles. The summed E-state index contributed by atoms with van der Waals surface area (Å²) in [6, 6.07) is 2.38. The van der Waals surface area contributed by atoms with Crippen molar-refractivity contribution in [1.82, 2.24) is 24.8 Å². The number of carbonyl (C=O) groups excluding carboxylic acids is 2. The van der Waals surface area contributed by atoms with E-state index in [0.29, 0.717) is 40.7 Å². The van der Waals surface area contributed by atoms with Crippen LogP contribution in [-0.4, -0.2) is 83.3 Å². The van der Waals surface area contributed by atoms with E-state index >= 15 is 0 Å². The lowest BCUT2D eigenvalue weighted by atomic mass is 9.88. The Morgan fingerprint density at radius 2 is 1.97 bits per heavy atom. The van der Waals surface area contributed by atoms with Gasteiger partial charge in [-0.1, -0.05) is 19.3 Å². The third kappa shape index (κ3) is 7.07. The Morgan fingerprint density at radius 1 is 1.24 bits per heavy atom. The summed E-state index contributed by atoms with van der Waals surface area (Å²) in [6.07, 6.45) is 15.6. The number of nitrogens with zero attached hydrogens (tertiary/aromatic N) is 4. The molecule has 1 amide bonds. The number of ether oxygens (including phenoxy) is 1. The molecule has 4 N–H and O–H groups in total. The molecule has 2 aliphatic carbocycles. The highest BCUT2D eigenvalue weighted by atomic mass is 16.5. The van der Waals surface area contributed by atoms with Crippen LogP contribution in [0.5, 0.6) is 0 Å². The normalized spacial score (nSPS) is 20.1. The minimum absolute atomic E-state index is 0.178. The summed E-state index contributed by atoms with van der Waals surface area (Å²) in [5.41, 5.74) is 1.18. The molecule has 11 nitrogen and oxygen atoms in total. The standard InChI is InChI=1S/C25H35N7O3.CH4O/c1-26-23-14-22(28-18(16-33)10-7-11-31(2)19-12-20(13-19)35-3)30-24-21(15-27-32(23)24)25(34)29-17-8-5-4-6-9-17;1-2/h7,10-11,14-17,19-20,26H,4-6,8-9,12-13H2,1-3H3,(H,28,30)(H,29,34);2H,1H3/b11-7-,18-10+;. The van der Waals surface area contributed by atoms with Crippen molar-refractivity contribution in [2.75, 3.05) is 38.9 Å². The van der Waals surface area contributed by atoms with Crippen molar-refractivity contribution in [2.45, 2.75) is 63.1 Å². The molecule has 37 heavy (non-hydrogen) atoms. The van der Waals surface area contributed by atoms with Crippen LogP contribution in [0, 0.1) is 0 Å². The van der Waals surface area contributed by atoms with Crippen molar-refractivity contribution in [1.29, 1.82) is 0 Å². The second-order valence-electron chi connectivity index (χ2n) is 9.23. The Hall–Kier alpha value is -3.44. The fourth-order valence-electron chi connectivity index (χ4n) is 4.60. The van der Waals surface area contributed by atoms with E-state index in [1.54, 1.807) is 30.8 Å². The number of hydrogen-bond donors (Lipinski definition) is 4. The number of aliphatic hydroxyl groups is 1. The fraction of sp³-hybridized carbons (Fsp3) is 0.538. The molecular weight excluding hydrogens is 474 g/mol. The Bertz CT molecular complexity index is 1100. The zero-order chi connectivity index (χ0) is 26.8. The predicted molar refractivity (Wildman–Crippen MR) is 144 cm³/mol. The van der Waals surface area contributed by atoms with Gasteiger partial charge in [-0.2, -0.15) is 9.61 Å². The topological polar surface area (TPSA) is 133 Å². The van der Waals surface area contributed by atoms with Crippen LogP contribution in [-0.2, 0) is 9.53 Å². The van der Waals surface area contributed by atoms with E-state index < -0.39 is 0 Å². The first-order valence-electron chi connectivity index (χ1n) is 12.7. The summed E-state index contributed by atoms with van der Waals surface area (Å²) < 4.78 is 6.92. The van der Waals surface area contributed by atoms with E-state index in [1.165, 1.54) is 12.6 Å². The number of rotatable bonds is 10. The highest BCUT2D eigenvalue weighted by molar-refractivity contribution is 6.00. The van der Waals surface area contributed by atoms with E-state index in [-0.39, 0.29) is 11.9 Å². The van der Waals surface area contributed by atoms with Gasteiger partial charge >= 0.3 is 0 Å². The molecule has 2 heterocycles. The van der Waals surface area contributed by atoms with Gasteiger partial charge in [0.2, 0.25) is 0 Å². The second-order valence-corrected chi connectivity index (χ2v) is 9.23. The second kappa shape index (κ2) is 13.8. The third-order valence-electron chi connectivity index (χ3n) is 6.89. The molecule has 11 heteroatoms. The number of hydrogen-bond acceptors (Lipinski definition) is 9. The highest BCUT2D eigenvalue weighted by Gasteiger charge is 2.30. The van der Waals surface area contributed by atoms with Crippen LogP contribution in [0.4, 0.5) is 11.6 Å². The van der Waals surface area contributed by atoms with Gasteiger partial charge < -0.3 is 30.7 Å². The van der Waals surface area contributed by atoms with Gasteiger partial charge in [0.15, 0.2) is 11.9 Å². The number of fused-ring (bicyclic) bond motifs is 1. The molecule has 202 valence electrons. The van der Waals surface area contributed by atoms with Crippen LogP contribution in [0.25, 0.3) is 5.65 Å². The lowest BCUT2D eigenvalue weighted by Gasteiger charge is -2.39. The largest absolute Gasteiger partial charge is 0.400 e. The molecule has 0 bridgehead atoms. The molecule has 2 aromatic rings. The van der Waals surface area contributed by atoms with Gasteiger partial charge in [0.25, 0.3) is 5.91 Å². The summed E-state index contributed by atoms with van der Waals surface area (Å²) in [7, 11) is 6.53. The van der Waals surface area contributed by atoms with E-state index in [9.17, 15) is 9.59 Å². The smallest absolute Gasteiger partial charge is 0.256 e. The maximum absolute atomic E-state index is 13.0. The third-order valence-corrected chi connectivity index (χ3v) is 6.89. The van der Waals surface area contributed by atoms with Crippen LogP contribution < -0.4 is 16.0 Å². The zero-order valence-corrected chi connectivity index (χ0v) is 22.1. The average molecular weight is 514 g/mol. The van der Waals surface area contributed by atoms with Crippen LogP contribution >= 0.6 is 0 Å². The maximum atomic E-state index is 13.0. The van der Waals surface area contributed by atoms with Crippen molar-refractivity contribution in [3.63, 3.8) is 0 Å². The molecule has 0 unspecified atom stereocenters. The van der Waals surface area contributed by atoms with Crippen LogP contribution in [0.2, 0.25) is 0 Å². The molecule has 2 aromatic heterocycles. The van der Waals surface area contributed by atoms with Crippen molar-refractivity contribution in [3.8, 4) is 0 Å². The van der Waals surface area contributed by atoms with E-state index in [0.717, 1.165) is 51.9 Å². The average Bonchev–Trinajstić information content (AvgIpc) is 3.33. The van der Waals surface area contributed by atoms with Gasteiger partial charge in [-0.05, 0) is 44.0 Å². The van der Waals surface area contributed by atoms with E-state index in [1.807, 2.05) is 19.3 Å². The summed E-state index contributed by atoms with van der Waals surface area (Å²) in [4.78, 5) is 31.4. The van der Waals surface area contributed by atoms with Crippen molar-refractivity contribution in [3.05, 3.63) is 41.9 Å². The zero-order valence-electron chi connectivity index (χ0n) is 22.1. The number of aldehydes is 1. The lowest BCUT2D eigenvalue weighted by molar-refractivity contribution is -0.104. The minimum atomic E-state index is -0.178. The van der Waals surface area contributed by atoms with Crippen LogP contribution in [0.1, 0.15) is 55.3 Å². The van der Waals surface area contributed by atoms with Gasteiger partial charge in [-0.15, -0.1) is 0 Å². The molecule has 0 spiro atoms. The Labute approximate surface area is 218 Å². The van der Waals surface area contributed by atoms with Gasteiger partial charge in [-0.3, -0.25) is 9.59 Å². The van der Waals surface area contributed by atoms with Gasteiger partial charge in [0, 0.05) is 46.5 Å². The summed E-state index contributed by atoms with van der Waals surface area (Å²) >= 11 is 0. The Morgan fingerprint density at radius 3 is 2.62 bits per heavy atom. The number of allylic oxidation sites excluding steroid dienone is 3. The Balaban J connectivity index is 0.00000186. The molecule has 2 aliphatic rings. The number of carbonyl (C=O) groups is 2. The number of anilines is 2. The molecule has 4 rings (SSSR count). The summed E-state index contributed by atoms with van der Waals surface area (Å²) in [6.45, 7) is 0. The number of aromatic nitrogens is 3. The fourth-order valence-corrected chi connectivity index (χ4v) is 4.60. The van der Waals surface area contributed by atoms with Gasteiger partial charge in [-0.25, -0.2) is 4.98 Å². The van der Waals surface area contributed by atoms with E-state index in [4.69, 9.17) is 9.84 Å². The van der Waals surface area contributed by atoms with E-state index in [2.05, 4.69) is 30.9 Å². The van der Waals surface area contributed by atoms with Crippen molar-refractivity contribution >= 4 is 29.5 Å². The van der Waals surface area contributed by atoms with Gasteiger partial charge in [0.05, 0.1) is 18.0 Å². The van der Waals surface area contributed by atoms with Crippen molar-refractivity contribution in [2.24, 2.45) is 0 Å². The molecule has 0 atom stereocenters. The molecule has 2 fully saturated rings. The maximum Gasteiger partial charge on any atom is 0.256 e. The first-order chi connectivity index (χ1) is 18.0. The monoisotopic (exact) mass is 513 g/mol.